The molecular formula is Bi2Br3I3. The minimum absolute atomic E-state index is 0. The Morgan fingerprint density at radius 2 is 0.375 bits per heavy atom. The summed E-state index contributed by atoms with van der Waals surface area (Å²) in [5.74, 6) is 0. The van der Waals surface area contributed by atoms with Crippen LogP contribution >= 0.6 is 0 Å². The number of hydrogen-bond acceptors (Lipinski definition) is 0. The third-order valence-electron chi connectivity index (χ3n) is 0. The SMILES string of the molecule is [Bi+3].[Bi+3].[Br-].[Br-].[Br-].[I-].[I-].[I-]. The fourth-order valence-corrected chi connectivity index (χ4v) is 0. The van der Waals surface area contributed by atoms with Crippen LogP contribution in [0.1, 0.15) is 0 Å². The third-order valence-corrected chi connectivity index (χ3v) is 0. The van der Waals surface area contributed by atoms with Crippen LogP contribution in [0.3, 0.4) is 0 Å². The van der Waals surface area contributed by atoms with E-state index in [-0.39, 0.29) is 175 Å². The summed E-state index contributed by atoms with van der Waals surface area (Å²) in [6, 6.07) is 0. The van der Waals surface area contributed by atoms with Gasteiger partial charge in [0.25, 0.3) is 0 Å². The molecule has 52 valence electrons. The van der Waals surface area contributed by atoms with Crippen molar-refractivity contribution in [1.29, 1.82) is 0 Å². The molecule has 0 aliphatic heterocycles. The van der Waals surface area contributed by atoms with Crippen molar-refractivity contribution < 1.29 is 123 Å². The van der Waals surface area contributed by atoms with Gasteiger partial charge in [-0.3, -0.25) is 0 Å². The summed E-state index contributed by atoms with van der Waals surface area (Å²) in [6.07, 6.45) is 0. The van der Waals surface area contributed by atoms with E-state index < -0.39 is 0 Å². The first kappa shape index (κ1) is 70.7. The Balaban J connectivity index is 0. The quantitative estimate of drug-likeness (QED) is 0.168. The molecule has 0 unspecified atom stereocenters. The van der Waals surface area contributed by atoms with Gasteiger partial charge in [0.15, 0.2) is 0 Å². The van der Waals surface area contributed by atoms with Gasteiger partial charge in [-0.25, -0.2) is 0 Å². The predicted molar refractivity (Wildman–Crippen MR) is 11.5 cm³/mol. The van der Waals surface area contributed by atoms with Gasteiger partial charge in [-0.05, 0) is 0 Å². The maximum absolute atomic E-state index is 0. The molecule has 0 fully saturated rings. The van der Waals surface area contributed by atoms with Gasteiger partial charge in [0.05, 0.1) is 0 Å². The molecule has 0 N–H and O–H groups in total. The number of hydrogen-bond donors (Lipinski definition) is 0. The Hall–Kier alpha value is 5.40. The van der Waals surface area contributed by atoms with Crippen LogP contribution in [0, 0.1) is 0 Å². The largest absolute Gasteiger partial charge is 3.00 e. The topological polar surface area (TPSA) is 0 Å². The molecule has 0 bridgehead atoms. The molecule has 0 aromatic carbocycles. The van der Waals surface area contributed by atoms with Crippen molar-refractivity contribution in [2.45, 2.75) is 0 Å². The van der Waals surface area contributed by atoms with E-state index in [2.05, 4.69) is 0 Å². The molecule has 0 aliphatic carbocycles. The van der Waals surface area contributed by atoms with Gasteiger partial charge in [-0.2, -0.15) is 0 Å². The molecule has 0 aliphatic rings. The minimum atomic E-state index is 0. The Labute approximate surface area is 171 Å². The molecule has 8 heavy (non-hydrogen) atoms. The van der Waals surface area contributed by atoms with Crippen LogP contribution in [0.2, 0.25) is 0 Å². The van der Waals surface area contributed by atoms with Crippen molar-refractivity contribution in [2.75, 3.05) is 0 Å². The molecule has 4 radical (unpaired) electrons. The summed E-state index contributed by atoms with van der Waals surface area (Å²) in [5, 5.41) is 0. The first-order valence-electron chi connectivity index (χ1n) is 0. The Bertz CT molecular complexity index is 12.5. The third kappa shape index (κ3) is 42.3. The van der Waals surface area contributed by atoms with Crippen LogP contribution in [-0.2, 0) is 0 Å². The summed E-state index contributed by atoms with van der Waals surface area (Å²) in [5.41, 5.74) is 0. The van der Waals surface area contributed by atoms with Crippen molar-refractivity contribution >= 4 is 52.4 Å². The van der Waals surface area contributed by atoms with E-state index in [0.29, 0.717) is 0 Å². The average Bonchev–Trinajstić information content (AvgIpc) is 0. The molecule has 0 spiro atoms. The summed E-state index contributed by atoms with van der Waals surface area (Å²) in [4.78, 5) is 0. The van der Waals surface area contributed by atoms with Gasteiger partial charge in [0.2, 0.25) is 0 Å². The zero-order chi connectivity index (χ0) is 0. The zero-order valence-electron chi connectivity index (χ0n) is 3.16. The van der Waals surface area contributed by atoms with E-state index in [1.165, 1.54) is 0 Å². The Morgan fingerprint density at radius 1 is 0.375 bits per heavy atom. The smallest absolute Gasteiger partial charge is 1.00 e. The maximum Gasteiger partial charge on any atom is 3.00 e. The van der Waals surface area contributed by atoms with Crippen LogP contribution < -0.4 is 123 Å². The first-order chi connectivity index (χ1) is 0. The van der Waals surface area contributed by atoms with Crippen molar-refractivity contribution in [2.24, 2.45) is 0 Å². The molecule has 0 nitrogen and oxygen atoms in total. The molecule has 0 rings (SSSR count). The molecule has 0 aromatic heterocycles. The van der Waals surface area contributed by atoms with E-state index in [1.54, 1.807) is 0 Å². The second-order valence-electron chi connectivity index (χ2n) is 0. The Morgan fingerprint density at radius 3 is 0.375 bits per heavy atom. The minimum Gasteiger partial charge on any atom is -1.00 e. The van der Waals surface area contributed by atoms with Gasteiger partial charge in [-0.15, -0.1) is 0 Å². The normalized spacial score (nSPS) is 0. The van der Waals surface area contributed by atoms with E-state index in [1.807, 2.05) is 0 Å². The molecule has 0 atom stereocenters. The van der Waals surface area contributed by atoms with Crippen LogP contribution in [0.25, 0.3) is 0 Å². The van der Waals surface area contributed by atoms with Crippen molar-refractivity contribution in [3.8, 4) is 0 Å². The summed E-state index contributed by atoms with van der Waals surface area (Å²) < 4.78 is 0. The van der Waals surface area contributed by atoms with E-state index >= 15 is 0 Å². The molecule has 8 heteroatoms. The van der Waals surface area contributed by atoms with Crippen molar-refractivity contribution in [1.82, 2.24) is 0 Å². The molecule has 0 saturated heterocycles. The number of halogens is 6. The zero-order valence-corrected chi connectivity index (χ0v) is 21.3. The van der Waals surface area contributed by atoms with E-state index in [4.69, 9.17) is 0 Å². The molecule has 0 heterocycles. The van der Waals surface area contributed by atoms with Crippen LogP contribution in [-0.4, -0.2) is 52.4 Å². The fourth-order valence-electron chi connectivity index (χ4n) is 0. The van der Waals surface area contributed by atoms with Gasteiger partial charge in [0, 0.05) is 0 Å². The van der Waals surface area contributed by atoms with Gasteiger partial charge in [-0.1, -0.05) is 0 Å². The fraction of sp³-hybridized carbons (Fsp3) is 0. The Kier molecular flexibility index (Phi) is 489. The summed E-state index contributed by atoms with van der Waals surface area (Å²) in [6.45, 7) is 0. The van der Waals surface area contributed by atoms with Gasteiger partial charge in [0.1, 0.15) is 0 Å². The van der Waals surface area contributed by atoms with Gasteiger partial charge < -0.3 is 123 Å². The van der Waals surface area contributed by atoms with Crippen LogP contribution in [0.4, 0.5) is 0 Å². The van der Waals surface area contributed by atoms with Crippen LogP contribution in [0.5, 0.6) is 0 Å². The predicted octanol–water partition coefficient (Wildman–Crippen LogP) is -18.7. The maximum atomic E-state index is 0. The van der Waals surface area contributed by atoms with Crippen molar-refractivity contribution in [3.05, 3.63) is 0 Å². The second-order valence-corrected chi connectivity index (χ2v) is 0. The van der Waals surface area contributed by atoms with Crippen LogP contribution in [0.15, 0.2) is 0 Å². The second kappa shape index (κ2) is 55.3. The molecule has 0 aromatic rings. The standard InChI is InChI=1S/2Bi.3BrH.3HI/h;;6*1H/q2*+3;;;;;;/p-6. The average molecular weight is 1040 g/mol. The van der Waals surface area contributed by atoms with Crippen molar-refractivity contribution in [3.63, 3.8) is 0 Å². The molecular weight excluding hydrogens is 1040 g/mol. The van der Waals surface area contributed by atoms with E-state index in [0.717, 1.165) is 0 Å². The number of rotatable bonds is 0. The first-order valence-corrected chi connectivity index (χ1v) is 0. The van der Waals surface area contributed by atoms with E-state index in [9.17, 15) is 0 Å². The summed E-state index contributed by atoms with van der Waals surface area (Å²) in [7, 11) is 0. The van der Waals surface area contributed by atoms with Gasteiger partial charge >= 0.3 is 52.4 Å². The summed E-state index contributed by atoms with van der Waals surface area (Å²) >= 11 is 0. The molecule has 0 saturated carbocycles. The molecule has 0 amide bonds. The monoisotopic (exact) mass is 1040 g/mol.